The fraction of sp³-hybridized carbons (Fsp3) is 1.00. The van der Waals surface area contributed by atoms with Gasteiger partial charge in [0.15, 0.2) is 6.17 Å². The molecule has 1 fully saturated rings. The number of halogens is 3. The maximum absolute atomic E-state index is 12.3. The van der Waals surface area contributed by atoms with Gasteiger partial charge in [0.1, 0.15) is 0 Å². The van der Waals surface area contributed by atoms with Gasteiger partial charge < -0.3 is 0 Å². The molecule has 1 saturated carbocycles. The summed E-state index contributed by atoms with van der Waals surface area (Å²) >= 11 is 0. The van der Waals surface area contributed by atoms with Crippen LogP contribution in [-0.4, -0.2) is 12.1 Å². The fourth-order valence-electron chi connectivity index (χ4n) is 1.12. The van der Waals surface area contributed by atoms with Crippen LogP contribution in [0, 0.1) is 5.92 Å². The highest BCUT2D eigenvalue weighted by atomic mass is 19.3. The summed E-state index contributed by atoms with van der Waals surface area (Å²) in [6.45, 7) is 1.52. The summed E-state index contributed by atoms with van der Waals surface area (Å²) in [5.74, 6) is -3.50. The van der Waals surface area contributed by atoms with Crippen molar-refractivity contribution < 1.29 is 13.2 Å². The Morgan fingerprint density at radius 2 is 2.00 bits per heavy atom. The summed E-state index contributed by atoms with van der Waals surface area (Å²) in [6, 6.07) is 0. The zero-order valence-electron chi connectivity index (χ0n) is 5.20. The van der Waals surface area contributed by atoms with E-state index in [1.54, 1.807) is 0 Å². The molecule has 54 valence electrons. The van der Waals surface area contributed by atoms with E-state index >= 15 is 0 Å². The van der Waals surface area contributed by atoms with Crippen LogP contribution in [0.5, 0.6) is 0 Å². The SMILES string of the molecule is C[C@H]1CCC(F)(F)[C@H]1F. The van der Waals surface area contributed by atoms with Gasteiger partial charge in [-0.3, -0.25) is 0 Å². The van der Waals surface area contributed by atoms with E-state index in [9.17, 15) is 13.2 Å². The van der Waals surface area contributed by atoms with Gasteiger partial charge in [-0.25, -0.2) is 13.2 Å². The minimum atomic E-state index is -3.04. The Balaban J connectivity index is 2.62. The minimum Gasteiger partial charge on any atom is -0.241 e. The van der Waals surface area contributed by atoms with E-state index in [4.69, 9.17) is 0 Å². The van der Waals surface area contributed by atoms with Gasteiger partial charge in [-0.1, -0.05) is 6.92 Å². The Labute approximate surface area is 52.1 Å². The van der Waals surface area contributed by atoms with E-state index in [2.05, 4.69) is 0 Å². The molecule has 1 aliphatic rings. The summed E-state index contributed by atoms with van der Waals surface area (Å²) in [5, 5.41) is 0. The van der Waals surface area contributed by atoms with Crippen molar-refractivity contribution >= 4 is 0 Å². The number of hydrogen-bond donors (Lipinski definition) is 0. The summed E-state index contributed by atoms with van der Waals surface area (Å²) < 4.78 is 36.8. The standard InChI is InChI=1S/C6H9F3/c1-4-2-3-6(8,9)5(4)7/h4-5H,2-3H2,1H3/t4-,5-/m0/s1. The van der Waals surface area contributed by atoms with Gasteiger partial charge in [0.05, 0.1) is 0 Å². The highest BCUT2D eigenvalue weighted by Crippen LogP contribution is 2.40. The van der Waals surface area contributed by atoms with Crippen molar-refractivity contribution in [2.45, 2.75) is 31.9 Å². The Morgan fingerprint density at radius 1 is 1.44 bits per heavy atom. The predicted molar refractivity (Wildman–Crippen MR) is 28.2 cm³/mol. The summed E-state index contributed by atoms with van der Waals surface area (Å²) in [7, 11) is 0. The van der Waals surface area contributed by atoms with Gasteiger partial charge in [0.2, 0.25) is 0 Å². The zero-order chi connectivity index (χ0) is 7.07. The summed E-state index contributed by atoms with van der Waals surface area (Å²) in [5.41, 5.74) is 0. The van der Waals surface area contributed by atoms with E-state index in [1.807, 2.05) is 0 Å². The van der Waals surface area contributed by atoms with Crippen molar-refractivity contribution in [1.29, 1.82) is 0 Å². The molecule has 0 saturated heterocycles. The quantitative estimate of drug-likeness (QED) is 0.482. The first kappa shape index (κ1) is 6.90. The van der Waals surface area contributed by atoms with E-state index in [1.165, 1.54) is 6.92 Å². The van der Waals surface area contributed by atoms with Crippen molar-refractivity contribution in [3.05, 3.63) is 0 Å². The highest BCUT2D eigenvalue weighted by Gasteiger charge is 2.48. The molecule has 0 N–H and O–H groups in total. The number of hydrogen-bond acceptors (Lipinski definition) is 0. The van der Waals surface area contributed by atoms with Crippen LogP contribution in [0.25, 0.3) is 0 Å². The third-order valence-corrected chi connectivity index (χ3v) is 1.84. The molecule has 0 heterocycles. The van der Waals surface area contributed by atoms with Gasteiger partial charge in [0, 0.05) is 6.42 Å². The van der Waals surface area contributed by atoms with Crippen molar-refractivity contribution in [1.82, 2.24) is 0 Å². The highest BCUT2D eigenvalue weighted by molar-refractivity contribution is 4.88. The number of alkyl halides is 3. The second-order valence-electron chi connectivity index (χ2n) is 2.68. The molecule has 0 amide bonds. The third kappa shape index (κ3) is 1.05. The van der Waals surface area contributed by atoms with E-state index in [0.717, 1.165) is 0 Å². The Kier molecular flexibility index (Phi) is 1.45. The minimum absolute atomic E-state index is 0.282. The molecule has 0 radical (unpaired) electrons. The van der Waals surface area contributed by atoms with Crippen LogP contribution in [0.2, 0.25) is 0 Å². The molecule has 0 unspecified atom stereocenters. The second-order valence-corrected chi connectivity index (χ2v) is 2.68. The molecule has 0 aromatic rings. The summed E-state index contributed by atoms with van der Waals surface area (Å²) in [4.78, 5) is 0. The van der Waals surface area contributed by atoms with Crippen molar-refractivity contribution in [2.24, 2.45) is 5.92 Å². The van der Waals surface area contributed by atoms with Crippen LogP contribution < -0.4 is 0 Å². The molecule has 1 rings (SSSR count). The molecule has 0 aliphatic heterocycles. The Hall–Kier alpha value is -0.210. The average molecular weight is 138 g/mol. The maximum atomic E-state index is 12.3. The van der Waals surface area contributed by atoms with Crippen molar-refractivity contribution in [3.8, 4) is 0 Å². The van der Waals surface area contributed by atoms with Gasteiger partial charge >= 0.3 is 0 Å². The van der Waals surface area contributed by atoms with Gasteiger partial charge in [-0.15, -0.1) is 0 Å². The molecule has 1 aliphatic carbocycles. The largest absolute Gasteiger partial charge is 0.278 e. The normalized spacial score (nSPS) is 41.3. The van der Waals surface area contributed by atoms with Gasteiger partial charge in [-0.2, -0.15) is 0 Å². The third-order valence-electron chi connectivity index (χ3n) is 1.84. The molecule has 2 atom stereocenters. The van der Waals surface area contributed by atoms with Crippen molar-refractivity contribution in [3.63, 3.8) is 0 Å². The zero-order valence-corrected chi connectivity index (χ0v) is 5.20. The predicted octanol–water partition coefficient (Wildman–Crippen LogP) is 2.39. The van der Waals surface area contributed by atoms with Crippen LogP contribution in [0.1, 0.15) is 19.8 Å². The molecule has 3 heteroatoms. The first-order valence-electron chi connectivity index (χ1n) is 3.06. The second kappa shape index (κ2) is 1.89. The van der Waals surface area contributed by atoms with Crippen LogP contribution >= 0.6 is 0 Å². The number of rotatable bonds is 0. The fourth-order valence-corrected chi connectivity index (χ4v) is 1.12. The molecule has 0 bridgehead atoms. The molecule has 0 spiro atoms. The lowest BCUT2D eigenvalue weighted by atomic mass is 10.1. The molecular formula is C6H9F3. The average Bonchev–Trinajstić information content (AvgIpc) is 1.97. The Bertz CT molecular complexity index is 111. The topological polar surface area (TPSA) is 0 Å². The smallest absolute Gasteiger partial charge is 0.241 e. The molecule has 0 aromatic heterocycles. The monoisotopic (exact) mass is 138 g/mol. The molecule has 0 nitrogen and oxygen atoms in total. The van der Waals surface area contributed by atoms with Crippen molar-refractivity contribution in [2.75, 3.05) is 0 Å². The van der Waals surface area contributed by atoms with Crippen LogP contribution in [-0.2, 0) is 0 Å². The lowest BCUT2D eigenvalue weighted by Gasteiger charge is -2.12. The van der Waals surface area contributed by atoms with Crippen LogP contribution in [0.3, 0.4) is 0 Å². The molecule has 0 aromatic carbocycles. The van der Waals surface area contributed by atoms with E-state index in [-0.39, 0.29) is 6.42 Å². The van der Waals surface area contributed by atoms with Crippen LogP contribution in [0.4, 0.5) is 13.2 Å². The maximum Gasteiger partial charge on any atom is 0.278 e. The van der Waals surface area contributed by atoms with Gasteiger partial charge in [-0.05, 0) is 12.3 Å². The Morgan fingerprint density at radius 3 is 2.11 bits per heavy atom. The molecule has 9 heavy (non-hydrogen) atoms. The van der Waals surface area contributed by atoms with E-state index in [0.29, 0.717) is 6.42 Å². The first-order valence-corrected chi connectivity index (χ1v) is 3.06. The lowest BCUT2D eigenvalue weighted by molar-refractivity contribution is -0.0586. The van der Waals surface area contributed by atoms with Gasteiger partial charge in [0.25, 0.3) is 5.92 Å². The lowest BCUT2D eigenvalue weighted by Crippen LogP contribution is -2.25. The summed E-state index contributed by atoms with van der Waals surface area (Å²) in [6.07, 6.45) is -1.87. The first-order chi connectivity index (χ1) is 4.04. The van der Waals surface area contributed by atoms with Crippen LogP contribution in [0.15, 0.2) is 0 Å². The van der Waals surface area contributed by atoms with E-state index < -0.39 is 18.0 Å². The molecular weight excluding hydrogens is 129 g/mol.